The van der Waals surface area contributed by atoms with Crippen LogP contribution in [-0.4, -0.2) is 26.3 Å². The summed E-state index contributed by atoms with van der Waals surface area (Å²) in [5.74, 6) is 0.169. The fourth-order valence-electron chi connectivity index (χ4n) is 4.62. The normalized spacial score (nSPS) is 16.6. The third-order valence-electron chi connectivity index (χ3n) is 6.91. The predicted molar refractivity (Wildman–Crippen MR) is 130 cm³/mol. The van der Waals surface area contributed by atoms with Crippen molar-refractivity contribution >= 4 is 5.69 Å². The SMILES string of the molecule is CC(C)c1ccc(C(C)CCC(C)c2cc(F)c(C(C)C)cc2F)c(N2CCOCC2)c1. The van der Waals surface area contributed by atoms with Gasteiger partial charge in [0.15, 0.2) is 0 Å². The number of benzene rings is 2. The van der Waals surface area contributed by atoms with Gasteiger partial charge in [0.25, 0.3) is 0 Å². The standard InChI is InChI=1S/C28H39F2NO/c1-18(2)22-9-10-23(28(15-22)31-11-13-32-14-12-31)20(5)7-8-21(6)25-17-26(29)24(19(3)4)16-27(25)30/h9-10,15-21H,7-8,11-14H2,1-6H3. The fraction of sp³-hybridized carbons (Fsp3) is 0.571. The van der Waals surface area contributed by atoms with Crippen molar-refractivity contribution in [3.8, 4) is 0 Å². The van der Waals surface area contributed by atoms with Crippen LogP contribution in [0.5, 0.6) is 0 Å². The minimum atomic E-state index is -0.296. The molecule has 4 heteroatoms. The van der Waals surface area contributed by atoms with E-state index in [0.717, 1.165) is 39.1 Å². The molecule has 3 rings (SSSR count). The van der Waals surface area contributed by atoms with Gasteiger partial charge in [-0.15, -0.1) is 0 Å². The van der Waals surface area contributed by atoms with Crippen molar-refractivity contribution in [2.24, 2.45) is 0 Å². The molecule has 0 aliphatic carbocycles. The van der Waals surface area contributed by atoms with E-state index >= 15 is 0 Å². The first-order valence-corrected chi connectivity index (χ1v) is 12.1. The second kappa shape index (κ2) is 10.8. The van der Waals surface area contributed by atoms with Crippen molar-refractivity contribution < 1.29 is 13.5 Å². The topological polar surface area (TPSA) is 12.5 Å². The van der Waals surface area contributed by atoms with E-state index in [0.29, 0.717) is 23.0 Å². The first kappa shape index (κ1) is 24.7. The molecule has 2 unspecified atom stereocenters. The third kappa shape index (κ3) is 5.70. The van der Waals surface area contributed by atoms with Crippen LogP contribution < -0.4 is 4.90 Å². The van der Waals surface area contributed by atoms with Gasteiger partial charge in [-0.25, -0.2) is 8.78 Å². The lowest BCUT2D eigenvalue weighted by atomic mass is 9.86. The minimum absolute atomic E-state index is 0.0266. The Morgan fingerprint density at radius 1 is 0.750 bits per heavy atom. The van der Waals surface area contributed by atoms with Gasteiger partial charge in [-0.3, -0.25) is 0 Å². The number of hydrogen-bond acceptors (Lipinski definition) is 2. The highest BCUT2D eigenvalue weighted by Crippen LogP contribution is 2.36. The lowest BCUT2D eigenvalue weighted by Crippen LogP contribution is -2.37. The quantitative estimate of drug-likeness (QED) is 0.414. The molecule has 0 saturated carbocycles. The number of morpholine rings is 1. The largest absolute Gasteiger partial charge is 0.378 e. The van der Waals surface area contributed by atoms with E-state index in [4.69, 9.17) is 4.74 Å². The Labute approximate surface area is 193 Å². The molecule has 2 atom stereocenters. The zero-order chi connectivity index (χ0) is 23.4. The van der Waals surface area contributed by atoms with Gasteiger partial charge < -0.3 is 9.64 Å². The molecule has 176 valence electrons. The molecule has 0 radical (unpaired) electrons. The van der Waals surface area contributed by atoms with Crippen LogP contribution in [0.1, 0.15) is 100 Å². The van der Waals surface area contributed by atoms with Crippen LogP contribution in [0.15, 0.2) is 30.3 Å². The molecule has 2 aromatic carbocycles. The van der Waals surface area contributed by atoms with Crippen molar-refractivity contribution in [3.63, 3.8) is 0 Å². The molecule has 1 fully saturated rings. The van der Waals surface area contributed by atoms with Crippen LogP contribution in [0, 0.1) is 11.6 Å². The first-order chi connectivity index (χ1) is 15.2. The summed E-state index contributed by atoms with van der Waals surface area (Å²) in [7, 11) is 0. The van der Waals surface area contributed by atoms with Crippen LogP contribution in [-0.2, 0) is 4.74 Å². The van der Waals surface area contributed by atoms with Crippen LogP contribution in [0.3, 0.4) is 0 Å². The van der Waals surface area contributed by atoms with Crippen molar-refractivity contribution in [1.29, 1.82) is 0 Å². The monoisotopic (exact) mass is 443 g/mol. The average molecular weight is 444 g/mol. The number of halogens is 2. The average Bonchev–Trinajstić information content (AvgIpc) is 2.78. The van der Waals surface area contributed by atoms with Crippen molar-refractivity contribution in [2.75, 3.05) is 31.2 Å². The molecule has 2 aromatic rings. The fourth-order valence-corrected chi connectivity index (χ4v) is 4.62. The molecule has 0 N–H and O–H groups in total. The molecule has 0 spiro atoms. The van der Waals surface area contributed by atoms with Gasteiger partial charge in [0.05, 0.1) is 13.2 Å². The van der Waals surface area contributed by atoms with Crippen molar-refractivity contribution in [3.05, 3.63) is 64.2 Å². The Morgan fingerprint density at radius 3 is 1.91 bits per heavy atom. The van der Waals surface area contributed by atoms with E-state index in [1.54, 1.807) is 0 Å². The number of anilines is 1. The Kier molecular flexibility index (Phi) is 8.32. The molecule has 2 nitrogen and oxygen atoms in total. The van der Waals surface area contributed by atoms with Crippen LogP contribution in [0.2, 0.25) is 0 Å². The zero-order valence-electron chi connectivity index (χ0n) is 20.6. The zero-order valence-corrected chi connectivity index (χ0v) is 20.6. The molecule has 1 saturated heterocycles. The Hall–Kier alpha value is -1.94. The van der Waals surface area contributed by atoms with Gasteiger partial charge in [0.1, 0.15) is 11.6 Å². The molecule has 0 amide bonds. The lowest BCUT2D eigenvalue weighted by molar-refractivity contribution is 0.122. The number of nitrogens with zero attached hydrogens (tertiary/aromatic N) is 1. The molecule has 1 aliphatic heterocycles. The maximum atomic E-state index is 14.7. The minimum Gasteiger partial charge on any atom is -0.378 e. The van der Waals surface area contributed by atoms with Crippen LogP contribution >= 0.6 is 0 Å². The highest BCUT2D eigenvalue weighted by molar-refractivity contribution is 5.57. The smallest absolute Gasteiger partial charge is 0.127 e. The van der Waals surface area contributed by atoms with E-state index in [1.165, 1.54) is 28.9 Å². The second-order valence-electron chi connectivity index (χ2n) is 10.0. The molecule has 0 aromatic heterocycles. The summed E-state index contributed by atoms with van der Waals surface area (Å²) >= 11 is 0. The highest BCUT2D eigenvalue weighted by Gasteiger charge is 2.22. The number of ether oxygens (including phenoxy) is 1. The summed E-state index contributed by atoms with van der Waals surface area (Å²) < 4.78 is 34.8. The van der Waals surface area contributed by atoms with Crippen LogP contribution in [0.25, 0.3) is 0 Å². The molecular weight excluding hydrogens is 404 g/mol. The molecule has 1 aliphatic rings. The lowest BCUT2D eigenvalue weighted by Gasteiger charge is -2.33. The number of rotatable bonds is 8. The van der Waals surface area contributed by atoms with E-state index in [-0.39, 0.29) is 23.5 Å². The third-order valence-corrected chi connectivity index (χ3v) is 6.91. The summed E-state index contributed by atoms with van der Waals surface area (Å²) in [6.07, 6.45) is 1.74. The van der Waals surface area contributed by atoms with Gasteiger partial charge in [-0.2, -0.15) is 0 Å². The van der Waals surface area contributed by atoms with E-state index < -0.39 is 0 Å². The Bertz CT molecular complexity index is 903. The second-order valence-corrected chi connectivity index (χ2v) is 10.0. The first-order valence-electron chi connectivity index (χ1n) is 12.1. The van der Waals surface area contributed by atoms with Crippen molar-refractivity contribution in [1.82, 2.24) is 0 Å². The van der Waals surface area contributed by atoms with Gasteiger partial charge in [0, 0.05) is 18.8 Å². The molecule has 32 heavy (non-hydrogen) atoms. The van der Waals surface area contributed by atoms with Gasteiger partial charge in [0.2, 0.25) is 0 Å². The Morgan fingerprint density at radius 2 is 1.31 bits per heavy atom. The maximum absolute atomic E-state index is 14.7. The van der Waals surface area contributed by atoms with Crippen LogP contribution in [0.4, 0.5) is 14.5 Å². The maximum Gasteiger partial charge on any atom is 0.127 e. The van der Waals surface area contributed by atoms with Gasteiger partial charge >= 0.3 is 0 Å². The predicted octanol–water partition coefficient (Wildman–Crippen LogP) is 7.74. The summed E-state index contributed by atoms with van der Waals surface area (Å²) in [5.41, 5.74) is 4.93. The van der Waals surface area contributed by atoms with E-state index in [2.05, 4.69) is 43.9 Å². The summed E-state index contributed by atoms with van der Waals surface area (Å²) in [6, 6.07) is 9.65. The summed E-state index contributed by atoms with van der Waals surface area (Å²) in [4.78, 5) is 2.43. The summed E-state index contributed by atoms with van der Waals surface area (Å²) in [5, 5.41) is 0. The van der Waals surface area contributed by atoms with E-state index in [1.807, 2.05) is 20.8 Å². The number of hydrogen-bond donors (Lipinski definition) is 0. The Balaban J connectivity index is 1.77. The molecule has 0 bridgehead atoms. The molecule has 1 heterocycles. The highest BCUT2D eigenvalue weighted by atomic mass is 19.1. The van der Waals surface area contributed by atoms with Gasteiger partial charge in [-0.05, 0) is 77.0 Å². The molecular formula is C28H39F2NO. The van der Waals surface area contributed by atoms with Crippen molar-refractivity contribution in [2.45, 2.75) is 78.1 Å². The summed E-state index contributed by atoms with van der Waals surface area (Å²) in [6.45, 7) is 15.8. The van der Waals surface area contributed by atoms with Gasteiger partial charge in [-0.1, -0.05) is 53.7 Å². The van der Waals surface area contributed by atoms with E-state index in [9.17, 15) is 8.78 Å².